The van der Waals surface area contributed by atoms with Gasteiger partial charge in [-0.05, 0) is 42.5 Å². The summed E-state index contributed by atoms with van der Waals surface area (Å²) >= 11 is 5.67. The molecular formula is C19H9ClF4N4O2. The molecule has 0 saturated heterocycles. The number of nitrogens with one attached hydrogen (secondary N) is 1. The number of carbonyl (C=O) groups is 1. The fraction of sp³-hybridized carbons (Fsp3) is 0.0526. The number of nitrogens with zero attached hydrogens (tertiary/aromatic N) is 3. The molecule has 1 aromatic heterocycles. The molecule has 11 heteroatoms. The minimum atomic E-state index is -4.64. The molecule has 0 aliphatic carbocycles. The van der Waals surface area contributed by atoms with E-state index < -0.39 is 29.1 Å². The summed E-state index contributed by atoms with van der Waals surface area (Å²) in [6, 6.07) is 10.5. The van der Waals surface area contributed by atoms with E-state index in [4.69, 9.17) is 16.1 Å². The number of hydrogen-bond acceptors (Lipinski definition) is 6. The van der Waals surface area contributed by atoms with Crippen LogP contribution in [0.3, 0.4) is 0 Å². The van der Waals surface area contributed by atoms with Crippen molar-refractivity contribution >= 4 is 28.8 Å². The van der Waals surface area contributed by atoms with Crippen LogP contribution in [0.1, 0.15) is 16.1 Å². The molecule has 152 valence electrons. The van der Waals surface area contributed by atoms with Crippen molar-refractivity contribution in [2.75, 3.05) is 5.43 Å². The van der Waals surface area contributed by atoms with Crippen LogP contribution in [-0.2, 0) is 6.18 Å². The second-order valence-corrected chi connectivity index (χ2v) is 6.26. The second-order valence-electron chi connectivity index (χ2n) is 5.82. The maximum atomic E-state index is 13.0. The van der Waals surface area contributed by atoms with Gasteiger partial charge in [0.2, 0.25) is 11.5 Å². The predicted molar refractivity (Wildman–Crippen MR) is 99.4 cm³/mol. The first-order valence-electron chi connectivity index (χ1n) is 8.06. The van der Waals surface area contributed by atoms with Gasteiger partial charge in [0.1, 0.15) is 11.9 Å². The third-order valence-corrected chi connectivity index (χ3v) is 3.93. The van der Waals surface area contributed by atoms with E-state index in [1.807, 2.05) is 0 Å². The van der Waals surface area contributed by atoms with E-state index in [0.717, 1.165) is 18.2 Å². The maximum absolute atomic E-state index is 13.0. The first-order chi connectivity index (χ1) is 14.2. The number of carbonyl (C=O) groups excluding carboxylic acids is 1. The van der Waals surface area contributed by atoms with Crippen molar-refractivity contribution in [3.05, 3.63) is 70.6 Å². The molecule has 0 amide bonds. The van der Waals surface area contributed by atoms with Crippen molar-refractivity contribution in [2.24, 2.45) is 5.10 Å². The van der Waals surface area contributed by atoms with Crippen LogP contribution in [0.4, 0.5) is 23.2 Å². The van der Waals surface area contributed by atoms with E-state index in [0.29, 0.717) is 5.56 Å². The largest absolute Gasteiger partial charge is 0.416 e. The van der Waals surface area contributed by atoms with Gasteiger partial charge >= 0.3 is 6.18 Å². The Morgan fingerprint density at radius 2 is 1.87 bits per heavy atom. The summed E-state index contributed by atoms with van der Waals surface area (Å²) in [6.07, 6.45) is -4.64. The molecule has 0 atom stereocenters. The second kappa shape index (κ2) is 8.34. The van der Waals surface area contributed by atoms with Crippen molar-refractivity contribution in [3.63, 3.8) is 0 Å². The topological polar surface area (TPSA) is 91.3 Å². The normalized spacial score (nSPS) is 11.8. The molecule has 3 rings (SSSR count). The number of hydrogen-bond donors (Lipinski definition) is 1. The Bertz CT molecular complexity index is 1160. The van der Waals surface area contributed by atoms with Gasteiger partial charge in [0, 0.05) is 16.7 Å². The van der Waals surface area contributed by atoms with Gasteiger partial charge in [0.15, 0.2) is 11.5 Å². The summed E-state index contributed by atoms with van der Waals surface area (Å²) in [5, 5.41) is 16.1. The van der Waals surface area contributed by atoms with Crippen molar-refractivity contribution in [1.82, 2.24) is 5.16 Å². The number of hydrazone groups is 1. The highest BCUT2D eigenvalue weighted by molar-refractivity contribution is 6.51. The van der Waals surface area contributed by atoms with Crippen LogP contribution in [0.25, 0.3) is 11.3 Å². The van der Waals surface area contributed by atoms with Gasteiger partial charge in [-0.15, -0.1) is 0 Å². The number of halogens is 5. The van der Waals surface area contributed by atoms with Gasteiger partial charge in [-0.2, -0.15) is 23.5 Å². The van der Waals surface area contributed by atoms with E-state index in [-0.39, 0.29) is 22.2 Å². The minimum Gasteiger partial charge on any atom is -0.356 e. The number of benzene rings is 2. The Morgan fingerprint density at radius 1 is 1.17 bits per heavy atom. The maximum Gasteiger partial charge on any atom is 0.416 e. The average molecular weight is 437 g/mol. The van der Waals surface area contributed by atoms with Gasteiger partial charge in [0.25, 0.3) is 0 Å². The number of alkyl halides is 3. The number of Topliss-reactive ketones (excluding diaryl/α,β-unsaturated/α-hetero) is 1. The first kappa shape index (κ1) is 21.0. The summed E-state index contributed by atoms with van der Waals surface area (Å²) in [6.45, 7) is 0. The molecule has 0 saturated carbocycles. The molecule has 0 fully saturated rings. The number of ketones is 1. The summed E-state index contributed by atoms with van der Waals surface area (Å²) in [5.74, 6) is -1.25. The van der Waals surface area contributed by atoms with Crippen molar-refractivity contribution in [1.29, 1.82) is 5.26 Å². The van der Waals surface area contributed by atoms with Crippen molar-refractivity contribution < 1.29 is 26.9 Å². The number of aromatic nitrogens is 1. The van der Waals surface area contributed by atoms with E-state index in [1.165, 1.54) is 36.4 Å². The van der Waals surface area contributed by atoms with Gasteiger partial charge < -0.3 is 4.52 Å². The molecule has 2 aromatic carbocycles. The molecule has 1 heterocycles. The SMILES string of the molecule is N#C/C(=N\Nc1cc(Cl)cc(C(F)(F)F)c1)C(=O)c1cc(-c2ccc(F)cc2)on1. The Labute approximate surface area is 171 Å². The lowest BCUT2D eigenvalue weighted by atomic mass is 10.1. The van der Waals surface area contributed by atoms with Crippen LogP contribution in [-0.4, -0.2) is 16.7 Å². The third kappa shape index (κ3) is 4.82. The molecule has 3 aromatic rings. The van der Waals surface area contributed by atoms with E-state index in [1.54, 1.807) is 0 Å². The molecule has 0 unspecified atom stereocenters. The highest BCUT2D eigenvalue weighted by Crippen LogP contribution is 2.33. The van der Waals surface area contributed by atoms with E-state index in [2.05, 4.69) is 15.7 Å². The van der Waals surface area contributed by atoms with Gasteiger partial charge in [-0.25, -0.2) is 4.39 Å². The Hall–Kier alpha value is -3.71. The monoisotopic (exact) mass is 436 g/mol. The quantitative estimate of drug-likeness (QED) is 0.253. The molecule has 0 spiro atoms. The molecule has 30 heavy (non-hydrogen) atoms. The number of nitriles is 1. The molecule has 0 bridgehead atoms. The Balaban J connectivity index is 1.82. The lowest BCUT2D eigenvalue weighted by Crippen LogP contribution is -2.14. The smallest absolute Gasteiger partial charge is 0.356 e. The third-order valence-electron chi connectivity index (χ3n) is 3.71. The Morgan fingerprint density at radius 3 is 2.50 bits per heavy atom. The Kier molecular flexibility index (Phi) is 5.84. The minimum absolute atomic E-state index is 0.147. The lowest BCUT2D eigenvalue weighted by molar-refractivity contribution is -0.137. The molecule has 1 N–H and O–H groups in total. The van der Waals surface area contributed by atoms with E-state index >= 15 is 0 Å². The predicted octanol–water partition coefficient (Wildman–Crippen LogP) is 5.33. The lowest BCUT2D eigenvalue weighted by Gasteiger charge is -2.09. The number of rotatable bonds is 5. The number of anilines is 1. The highest BCUT2D eigenvalue weighted by atomic mass is 35.5. The van der Waals surface area contributed by atoms with Crippen molar-refractivity contribution in [2.45, 2.75) is 6.18 Å². The zero-order valence-corrected chi connectivity index (χ0v) is 15.4. The highest BCUT2D eigenvalue weighted by Gasteiger charge is 2.31. The summed E-state index contributed by atoms with van der Waals surface area (Å²) in [7, 11) is 0. The van der Waals surface area contributed by atoms with Crippen LogP contribution < -0.4 is 5.43 Å². The van der Waals surface area contributed by atoms with Crippen LogP contribution in [0.2, 0.25) is 5.02 Å². The van der Waals surface area contributed by atoms with Crippen LogP contribution in [0.15, 0.2) is 58.2 Å². The fourth-order valence-corrected chi connectivity index (χ4v) is 2.55. The first-order valence-corrected chi connectivity index (χ1v) is 8.44. The summed E-state index contributed by atoms with van der Waals surface area (Å²) in [5.41, 5.74) is 0.493. The zero-order chi connectivity index (χ0) is 21.9. The van der Waals surface area contributed by atoms with Gasteiger partial charge in [0.05, 0.1) is 11.3 Å². The summed E-state index contributed by atoms with van der Waals surface area (Å²) in [4.78, 5) is 12.4. The standard InChI is InChI=1S/C19H9ClF4N4O2/c20-12-5-11(19(22,23)24)6-14(7-12)26-27-16(9-25)18(29)15-8-17(30-28-15)10-1-3-13(21)4-2-10/h1-8,26H/b27-16+. The van der Waals surface area contributed by atoms with Gasteiger partial charge in [-0.3, -0.25) is 10.2 Å². The summed E-state index contributed by atoms with van der Waals surface area (Å²) < 4.78 is 56.6. The average Bonchev–Trinajstić information content (AvgIpc) is 3.18. The fourth-order valence-electron chi connectivity index (χ4n) is 2.32. The van der Waals surface area contributed by atoms with Crippen LogP contribution in [0, 0.1) is 17.1 Å². The molecular weight excluding hydrogens is 428 g/mol. The molecule has 0 aliphatic heterocycles. The molecule has 6 nitrogen and oxygen atoms in total. The zero-order valence-electron chi connectivity index (χ0n) is 14.7. The van der Waals surface area contributed by atoms with E-state index in [9.17, 15) is 27.6 Å². The molecule has 0 radical (unpaired) electrons. The molecule has 0 aliphatic rings. The van der Waals surface area contributed by atoms with Crippen molar-refractivity contribution in [3.8, 4) is 17.4 Å². The van der Waals surface area contributed by atoms with Gasteiger partial charge in [-0.1, -0.05) is 16.8 Å². The van der Waals surface area contributed by atoms with Crippen LogP contribution >= 0.6 is 11.6 Å². The van der Waals surface area contributed by atoms with Crippen LogP contribution in [0.5, 0.6) is 0 Å².